The summed E-state index contributed by atoms with van der Waals surface area (Å²) in [7, 11) is -4.92. The van der Waals surface area contributed by atoms with E-state index in [-0.39, 0.29) is 9.79 Å². The lowest BCUT2D eigenvalue weighted by Crippen LogP contribution is -1.96. The molecule has 0 aliphatic heterocycles. The highest BCUT2D eigenvalue weighted by atomic mass is 33.1. The smallest absolute Gasteiger partial charge is 0.282 e. The van der Waals surface area contributed by atoms with Gasteiger partial charge in [0.1, 0.15) is 0 Å². The van der Waals surface area contributed by atoms with Crippen molar-refractivity contribution in [3.05, 3.63) is 59.7 Å². The van der Waals surface area contributed by atoms with Crippen molar-refractivity contribution in [3.63, 3.8) is 0 Å². The summed E-state index contributed by atoms with van der Waals surface area (Å²) in [5.74, 6) is 0. The Morgan fingerprint density at radius 3 is 1.15 bits per heavy atom. The third-order valence-electron chi connectivity index (χ3n) is 2.73. The van der Waals surface area contributed by atoms with Gasteiger partial charge >= 0.3 is 0 Å². The zero-order chi connectivity index (χ0) is 20.4. The Balaban J connectivity index is 0.000000401. The minimum absolute atomic E-state index is 0.0666. The molecule has 7 nitrogen and oxygen atoms in total. The van der Waals surface area contributed by atoms with E-state index in [0.717, 1.165) is 11.1 Å². The summed E-state index contributed by atoms with van der Waals surface area (Å²) in [6.07, 6.45) is 0. The molecule has 2 rings (SSSR count). The lowest BCUT2D eigenvalue weighted by molar-refractivity contribution is 0.481. The zero-order valence-corrected chi connectivity index (χ0v) is 17.7. The second-order valence-corrected chi connectivity index (χ2v) is 8.85. The molecule has 0 saturated heterocycles. The Morgan fingerprint density at radius 2 is 1.00 bits per heavy atom. The number of benzene rings is 2. The third-order valence-corrected chi connectivity index (χ3v) is 5.20. The second kappa shape index (κ2) is 11.6. The molecule has 0 saturated carbocycles. The van der Waals surface area contributed by atoms with E-state index in [1.807, 2.05) is 20.9 Å². The van der Waals surface area contributed by atoms with Crippen LogP contribution in [-0.2, 0) is 20.2 Å². The van der Waals surface area contributed by atoms with Gasteiger partial charge < -0.3 is 0 Å². The summed E-state index contributed by atoms with van der Waals surface area (Å²) in [6, 6.07) is 12.0. The molecule has 11 heteroatoms. The fourth-order valence-electron chi connectivity index (χ4n) is 1.42. The molecule has 146 valence electrons. The summed E-state index contributed by atoms with van der Waals surface area (Å²) in [6.45, 7) is 3.68. The van der Waals surface area contributed by atoms with E-state index in [4.69, 9.17) is 9.11 Å². The van der Waals surface area contributed by atoms with Gasteiger partial charge in [-0.15, -0.1) is 0 Å². The molecule has 0 aliphatic carbocycles. The molecular formula is C15H21NO6S4. The number of hydrogen-bond acceptors (Lipinski definition) is 7. The van der Waals surface area contributed by atoms with Gasteiger partial charge in [-0.25, -0.2) is 0 Å². The molecule has 0 aromatic heterocycles. The first-order valence-electron chi connectivity index (χ1n) is 6.97. The standard InChI is InChI=1S/2C7H8O3S.CH5NS2/c2*1-6-2-4-7(5-3-6)11(8,9)10;1-2-4-3/h2*2-5H,1H3,(H,8,9,10);2-3H,1H3. The molecular weight excluding hydrogens is 418 g/mol. The molecule has 0 spiro atoms. The molecule has 0 aliphatic rings. The Morgan fingerprint density at radius 1 is 0.769 bits per heavy atom. The maximum absolute atomic E-state index is 10.5. The summed E-state index contributed by atoms with van der Waals surface area (Å²) in [4.78, 5) is -0.133. The molecule has 3 N–H and O–H groups in total. The molecule has 0 radical (unpaired) electrons. The van der Waals surface area contributed by atoms with Crippen LogP contribution >= 0.6 is 22.6 Å². The Labute approximate surface area is 163 Å². The first-order chi connectivity index (χ1) is 11.9. The van der Waals surface area contributed by atoms with E-state index in [2.05, 4.69) is 16.4 Å². The van der Waals surface area contributed by atoms with Gasteiger partial charge in [0.25, 0.3) is 20.2 Å². The van der Waals surface area contributed by atoms with Crippen molar-refractivity contribution in [3.8, 4) is 0 Å². The van der Waals surface area contributed by atoms with Gasteiger partial charge in [0.05, 0.1) is 9.79 Å². The molecule has 0 bridgehead atoms. The maximum Gasteiger partial charge on any atom is 0.294 e. The highest BCUT2D eigenvalue weighted by Gasteiger charge is 2.07. The van der Waals surface area contributed by atoms with E-state index >= 15 is 0 Å². The first kappa shape index (κ1) is 24.9. The van der Waals surface area contributed by atoms with Crippen LogP contribution < -0.4 is 4.72 Å². The lowest BCUT2D eigenvalue weighted by atomic mass is 10.2. The first-order valence-corrected chi connectivity index (χ1v) is 11.7. The van der Waals surface area contributed by atoms with Crippen LogP contribution in [0.3, 0.4) is 0 Å². The highest BCUT2D eigenvalue weighted by molar-refractivity contribution is 8.67. The van der Waals surface area contributed by atoms with Crippen LogP contribution in [0.4, 0.5) is 0 Å². The van der Waals surface area contributed by atoms with Gasteiger partial charge in [0.15, 0.2) is 0 Å². The predicted octanol–water partition coefficient (Wildman–Crippen LogP) is 3.18. The molecule has 2 aromatic rings. The van der Waals surface area contributed by atoms with Gasteiger partial charge in [-0.2, -0.15) is 16.8 Å². The topological polar surface area (TPSA) is 121 Å². The maximum atomic E-state index is 10.5. The van der Waals surface area contributed by atoms with Crippen LogP contribution in [0.25, 0.3) is 0 Å². The average molecular weight is 440 g/mol. The fourth-order valence-corrected chi connectivity index (χ4v) is 2.38. The average Bonchev–Trinajstić information content (AvgIpc) is 2.55. The largest absolute Gasteiger partial charge is 0.294 e. The van der Waals surface area contributed by atoms with Crippen molar-refractivity contribution in [2.45, 2.75) is 23.6 Å². The Bertz CT molecular complexity index is 788. The van der Waals surface area contributed by atoms with Crippen molar-refractivity contribution in [1.82, 2.24) is 4.72 Å². The van der Waals surface area contributed by atoms with Crippen LogP contribution in [0.15, 0.2) is 58.3 Å². The monoisotopic (exact) mass is 439 g/mol. The number of thiol groups is 1. The lowest BCUT2D eigenvalue weighted by Gasteiger charge is -1.95. The number of aryl methyl sites for hydroxylation is 2. The van der Waals surface area contributed by atoms with Crippen molar-refractivity contribution in [2.24, 2.45) is 0 Å². The predicted molar refractivity (Wildman–Crippen MR) is 108 cm³/mol. The normalized spacial score (nSPS) is 10.8. The number of hydrogen-bond donors (Lipinski definition) is 4. The molecule has 0 heterocycles. The van der Waals surface area contributed by atoms with Crippen LogP contribution in [0.1, 0.15) is 11.1 Å². The van der Waals surface area contributed by atoms with Crippen molar-refractivity contribution in [1.29, 1.82) is 0 Å². The van der Waals surface area contributed by atoms with Crippen LogP contribution in [0, 0.1) is 13.8 Å². The van der Waals surface area contributed by atoms with Crippen molar-refractivity contribution >= 4 is 42.9 Å². The van der Waals surface area contributed by atoms with Crippen molar-refractivity contribution < 1.29 is 25.9 Å². The van der Waals surface area contributed by atoms with E-state index in [9.17, 15) is 16.8 Å². The number of nitrogens with one attached hydrogen (secondary N) is 1. The Hall–Kier alpha value is -1.08. The fraction of sp³-hybridized carbons (Fsp3) is 0.200. The summed E-state index contributed by atoms with van der Waals surface area (Å²) in [5, 5.41) is 0. The molecule has 0 atom stereocenters. The van der Waals surface area contributed by atoms with Crippen LogP contribution in [0.5, 0.6) is 0 Å². The SMILES string of the molecule is CNSS.Cc1ccc(S(=O)(=O)O)cc1.Cc1ccc(S(=O)(=O)O)cc1. The van der Waals surface area contributed by atoms with Crippen molar-refractivity contribution in [2.75, 3.05) is 7.05 Å². The van der Waals surface area contributed by atoms with Crippen LogP contribution in [0.2, 0.25) is 0 Å². The minimum Gasteiger partial charge on any atom is -0.282 e. The van der Waals surface area contributed by atoms with Crippen LogP contribution in [-0.4, -0.2) is 33.0 Å². The quantitative estimate of drug-likeness (QED) is 0.249. The molecule has 2 aromatic carbocycles. The minimum atomic E-state index is -4.02. The van der Waals surface area contributed by atoms with Gasteiger partial charge in [0.2, 0.25) is 0 Å². The van der Waals surface area contributed by atoms with Gasteiger partial charge in [-0.3, -0.25) is 13.8 Å². The van der Waals surface area contributed by atoms with E-state index < -0.39 is 20.2 Å². The molecule has 0 fully saturated rings. The molecule has 0 unspecified atom stereocenters. The third kappa shape index (κ3) is 10.8. The van der Waals surface area contributed by atoms with Gasteiger partial charge in [-0.05, 0) is 56.1 Å². The van der Waals surface area contributed by atoms with E-state index in [0.29, 0.717) is 0 Å². The molecule has 26 heavy (non-hydrogen) atoms. The van der Waals surface area contributed by atoms with Gasteiger partial charge in [0, 0.05) is 0 Å². The Kier molecular flexibility index (Phi) is 11.1. The van der Waals surface area contributed by atoms with E-state index in [1.54, 1.807) is 24.3 Å². The number of rotatable bonds is 3. The summed E-state index contributed by atoms with van der Waals surface area (Å²) in [5.41, 5.74) is 1.91. The summed E-state index contributed by atoms with van der Waals surface area (Å²) < 4.78 is 61.8. The highest BCUT2D eigenvalue weighted by Crippen LogP contribution is 2.09. The summed E-state index contributed by atoms with van der Waals surface area (Å²) >= 11 is 3.73. The van der Waals surface area contributed by atoms with Gasteiger partial charge in [-0.1, -0.05) is 47.1 Å². The molecule has 0 amide bonds. The second-order valence-electron chi connectivity index (χ2n) is 4.87. The zero-order valence-electron chi connectivity index (χ0n) is 14.3. The van der Waals surface area contributed by atoms with E-state index in [1.165, 1.54) is 35.2 Å².